The SMILES string of the molecule is CC1=CC(C)C(C)=C1c1ccccc1CC(C)(C)N. The Labute approximate surface area is 117 Å². The van der Waals surface area contributed by atoms with E-state index in [1.54, 1.807) is 0 Å². The van der Waals surface area contributed by atoms with Crippen LogP contribution in [0.5, 0.6) is 0 Å². The van der Waals surface area contributed by atoms with Crippen molar-refractivity contribution in [3.05, 3.63) is 52.6 Å². The van der Waals surface area contributed by atoms with Gasteiger partial charge in [-0.2, -0.15) is 0 Å². The average molecular weight is 255 g/mol. The van der Waals surface area contributed by atoms with Gasteiger partial charge in [0.25, 0.3) is 0 Å². The average Bonchev–Trinajstić information content (AvgIpc) is 2.52. The predicted octanol–water partition coefficient (Wildman–Crippen LogP) is 4.34. The largest absolute Gasteiger partial charge is 0.325 e. The third-order valence-corrected chi connectivity index (χ3v) is 3.90. The molecule has 1 aliphatic carbocycles. The van der Waals surface area contributed by atoms with Crippen LogP contribution in [0.15, 0.2) is 41.5 Å². The standard InChI is InChI=1S/C18H25N/c1-12-10-13(2)17(14(12)3)16-9-7-6-8-15(16)11-18(4,5)19/h6-10,12H,11,19H2,1-5H3. The van der Waals surface area contributed by atoms with Crippen LogP contribution in [-0.2, 0) is 6.42 Å². The van der Waals surface area contributed by atoms with E-state index in [2.05, 4.69) is 65.0 Å². The molecule has 1 heteroatoms. The summed E-state index contributed by atoms with van der Waals surface area (Å²) in [6.07, 6.45) is 3.26. The van der Waals surface area contributed by atoms with Crippen molar-refractivity contribution in [2.45, 2.75) is 46.6 Å². The zero-order chi connectivity index (χ0) is 14.2. The summed E-state index contributed by atoms with van der Waals surface area (Å²) < 4.78 is 0. The fraction of sp³-hybridized carbons (Fsp3) is 0.444. The molecule has 0 spiro atoms. The maximum absolute atomic E-state index is 6.20. The Morgan fingerprint density at radius 3 is 2.32 bits per heavy atom. The molecule has 2 N–H and O–H groups in total. The van der Waals surface area contributed by atoms with Gasteiger partial charge in [-0.25, -0.2) is 0 Å². The van der Waals surface area contributed by atoms with Gasteiger partial charge >= 0.3 is 0 Å². The van der Waals surface area contributed by atoms with E-state index >= 15 is 0 Å². The summed E-state index contributed by atoms with van der Waals surface area (Å²) in [4.78, 5) is 0. The van der Waals surface area contributed by atoms with Crippen molar-refractivity contribution in [3.63, 3.8) is 0 Å². The fourth-order valence-electron chi connectivity index (χ4n) is 2.96. The van der Waals surface area contributed by atoms with Gasteiger partial charge < -0.3 is 5.73 Å². The number of rotatable bonds is 3. The molecule has 1 aromatic rings. The molecule has 0 amide bonds. The Kier molecular flexibility index (Phi) is 3.69. The number of hydrogen-bond donors (Lipinski definition) is 1. The molecule has 0 aromatic heterocycles. The zero-order valence-corrected chi connectivity index (χ0v) is 12.7. The molecule has 1 unspecified atom stereocenters. The quantitative estimate of drug-likeness (QED) is 0.854. The lowest BCUT2D eigenvalue weighted by Crippen LogP contribution is -2.34. The van der Waals surface area contributed by atoms with E-state index in [0.717, 1.165) is 6.42 Å². The van der Waals surface area contributed by atoms with E-state index in [9.17, 15) is 0 Å². The van der Waals surface area contributed by atoms with Gasteiger partial charge in [-0.1, -0.05) is 42.8 Å². The molecule has 1 aliphatic rings. The van der Waals surface area contributed by atoms with Crippen molar-refractivity contribution in [1.82, 2.24) is 0 Å². The van der Waals surface area contributed by atoms with Gasteiger partial charge in [0.05, 0.1) is 0 Å². The Morgan fingerprint density at radius 2 is 1.79 bits per heavy atom. The lowest BCUT2D eigenvalue weighted by Gasteiger charge is -2.22. The van der Waals surface area contributed by atoms with Crippen LogP contribution >= 0.6 is 0 Å². The van der Waals surface area contributed by atoms with Crippen molar-refractivity contribution >= 4 is 5.57 Å². The maximum Gasteiger partial charge on any atom is 0.0138 e. The Balaban J connectivity index is 2.50. The lowest BCUT2D eigenvalue weighted by atomic mass is 9.87. The van der Waals surface area contributed by atoms with Gasteiger partial charge in [-0.3, -0.25) is 0 Å². The van der Waals surface area contributed by atoms with Gasteiger partial charge in [0, 0.05) is 5.54 Å². The highest BCUT2D eigenvalue weighted by Crippen LogP contribution is 2.38. The van der Waals surface area contributed by atoms with E-state index < -0.39 is 0 Å². The van der Waals surface area contributed by atoms with E-state index in [4.69, 9.17) is 5.73 Å². The monoisotopic (exact) mass is 255 g/mol. The first-order valence-corrected chi connectivity index (χ1v) is 7.06. The van der Waals surface area contributed by atoms with Gasteiger partial charge in [0.2, 0.25) is 0 Å². The Hall–Kier alpha value is -1.34. The fourth-order valence-corrected chi connectivity index (χ4v) is 2.96. The summed E-state index contributed by atoms with van der Waals surface area (Å²) in [7, 11) is 0. The van der Waals surface area contributed by atoms with Crippen molar-refractivity contribution in [2.24, 2.45) is 11.7 Å². The van der Waals surface area contributed by atoms with E-state index in [-0.39, 0.29) is 5.54 Å². The molecule has 0 heterocycles. The van der Waals surface area contributed by atoms with Gasteiger partial charge in [0.1, 0.15) is 0 Å². The Morgan fingerprint density at radius 1 is 1.16 bits per heavy atom. The highest BCUT2D eigenvalue weighted by atomic mass is 14.7. The van der Waals surface area contributed by atoms with Crippen LogP contribution in [-0.4, -0.2) is 5.54 Å². The highest BCUT2D eigenvalue weighted by Gasteiger charge is 2.22. The van der Waals surface area contributed by atoms with Crippen molar-refractivity contribution in [2.75, 3.05) is 0 Å². The topological polar surface area (TPSA) is 26.0 Å². The molecule has 0 saturated carbocycles. The first kappa shape index (κ1) is 14.1. The molecule has 0 radical (unpaired) electrons. The minimum absolute atomic E-state index is 0.174. The van der Waals surface area contributed by atoms with Gasteiger partial charge in [-0.15, -0.1) is 0 Å². The van der Waals surface area contributed by atoms with Gasteiger partial charge in [0.15, 0.2) is 0 Å². The first-order valence-electron chi connectivity index (χ1n) is 7.06. The lowest BCUT2D eigenvalue weighted by molar-refractivity contribution is 0.516. The molecular formula is C18H25N. The molecule has 2 rings (SSSR count). The highest BCUT2D eigenvalue weighted by molar-refractivity contribution is 5.85. The zero-order valence-electron chi connectivity index (χ0n) is 12.7. The summed E-state index contributed by atoms with van der Waals surface area (Å²) in [6, 6.07) is 8.67. The van der Waals surface area contributed by atoms with Crippen molar-refractivity contribution in [3.8, 4) is 0 Å². The second-order valence-electron chi connectivity index (χ2n) is 6.52. The molecule has 19 heavy (non-hydrogen) atoms. The smallest absolute Gasteiger partial charge is 0.0138 e. The van der Waals surface area contributed by atoms with E-state index in [0.29, 0.717) is 5.92 Å². The van der Waals surface area contributed by atoms with Crippen LogP contribution in [0.3, 0.4) is 0 Å². The van der Waals surface area contributed by atoms with Crippen LogP contribution in [0.2, 0.25) is 0 Å². The summed E-state index contributed by atoms with van der Waals surface area (Å²) in [5.74, 6) is 0.550. The second kappa shape index (κ2) is 4.97. The summed E-state index contributed by atoms with van der Waals surface area (Å²) in [5.41, 5.74) is 13.0. The van der Waals surface area contributed by atoms with Crippen LogP contribution in [0, 0.1) is 5.92 Å². The molecule has 1 atom stereocenters. The molecule has 0 fully saturated rings. The number of nitrogens with two attached hydrogens (primary N) is 1. The normalized spacial score (nSPS) is 19.9. The van der Waals surface area contributed by atoms with E-state index in [1.807, 2.05) is 0 Å². The minimum Gasteiger partial charge on any atom is -0.325 e. The predicted molar refractivity (Wildman–Crippen MR) is 83.9 cm³/mol. The second-order valence-corrected chi connectivity index (χ2v) is 6.52. The van der Waals surface area contributed by atoms with Gasteiger partial charge in [-0.05, 0) is 62.3 Å². The molecule has 0 saturated heterocycles. The van der Waals surface area contributed by atoms with Crippen LogP contribution in [0.25, 0.3) is 5.57 Å². The molecule has 0 aliphatic heterocycles. The van der Waals surface area contributed by atoms with Crippen LogP contribution in [0.4, 0.5) is 0 Å². The summed E-state index contributed by atoms with van der Waals surface area (Å²) >= 11 is 0. The molecule has 1 aromatic carbocycles. The first-order chi connectivity index (χ1) is 8.79. The number of hydrogen-bond acceptors (Lipinski definition) is 1. The third kappa shape index (κ3) is 2.98. The number of allylic oxidation sites excluding steroid dienone is 4. The maximum atomic E-state index is 6.20. The molecule has 0 bridgehead atoms. The third-order valence-electron chi connectivity index (χ3n) is 3.90. The molecular weight excluding hydrogens is 230 g/mol. The summed E-state index contributed by atoms with van der Waals surface area (Å²) in [5, 5.41) is 0. The number of benzene rings is 1. The molecule has 102 valence electrons. The Bertz CT molecular complexity index is 541. The summed E-state index contributed by atoms with van der Waals surface area (Å²) in [6.45, 7) is 10.9. The van der Waals surface area contributed by atoms with Crippen LogP contribution < -0.4 is 5.73 Å². The van der Waals surface area contributed by atoms with Crippen molar-refractivity contribution < 1.29 is 0 Å². The van der Waals surface area contributed by atoms with Crippen molar-refractivity contribution in [1.29, 1.82) is 0 Å². The minimum atomic E-state index is -0.174. The molecule has 1 nitrogen and oxygen atoms in total. The van der Waals surface area contributed by atoms with Crippen LogP contribution in [0.1, 0.15) is 45.7 Å². The van der Waals surface area contributed by atoms with E-state index in [1.165, 1.54) is 27.8 Å².